The van der Waals surface area contributed by atoms with Crippen molar-refractivity contribution in [3.63, 3.8) is 0 Å². The van der Waals surface area contributed by atoms with Crippen molar-refractivity contribution in [3.8, 4) is 0 Å². The van der Waals surface area contributed by atoms with Crippen molar-refractivity contribution in [3.05, 3.63) is 35.1 Å². The molecule has 0 radical (unpaired) electrons. The van der Waals surface area contributed by atoms with Crippen LogP contribution in [-0.4, -0.2) is 17.6 Å². The summed E-state index contributed by atoms with van der Waals surface area (Å²) in [6, 6.07) is 4.25. The molecule has 1 fully saturated rings. The number of carboxylic acid groups (broad SMARTS) is 1. The van der Waals surface area contributed by atoms with Gasteiger partial charge in [0.1, 0.15) is 5.82 Å². The number of aromatic carboxylic acids is 1. The maximum Gasteiger partial charge on any atom is 0.338 e. The molecule has 3 nitrogen and oxygen atoms in total. The highest BCUT2D eigenvalue weighted by Crippen LogP contribution is 2.36. The van der Waals surface area contributed by atoms with E-state index in [1.165, 1.54) is 18.6 Å². The summed E-state index contributed by atoms with van der Waals surface area (Å²) < 4.78 is 13.4. The Bertz CT molecular complexity index is 433. The Hall–Kier alpha value is -1.42. The van der Waals surface area contributed by atoms with Gasteiger partial charge in [0, 0.05) is 6.54 Å². The van der Waals surface area contributed by atoms with Gasteiger partial charge in [0.05, 0.1) is 5.56 Å². The first-order valence-corrected chi connectivity index (χ1v) is 5.80. The molecule has 1 aliphatic rings. The van der Waals surface area contributed by atoms with Gasteiger partial charge in [-0.2, -0.15) is 0 Å². The summed E-state index contributed by atoms with van der Waals surface area (Å²) in [6.07, 6.45) is 1.26. The molecule has 2 rings (SSSR count). The van der Waals surface area contributed by atoms with Crippen LogP contribution in [0.15, 0.2) is 18.2 Å². The van der Waals surface area contributed by atoms with Crippen LogP contribution in [0.4, 0.5) is 4.39 Å². The van der Waals surface area contributed by atoms with Gasteiger partial charge in [-0.1, -0.05) is 13.0 Å². The maximum absolute atomic E-state index is 13.4. The van der Waals surface area contributed by atoms with Crippen molar-refractivity contribution in [2.45, 2.75) is 19.9 Å². The molecule has 1 aromatic carbocycles. The number of nitrogens with one attached hydrogen (secondary N) is 1. The lowest BCUT2D eigenvalue weighted by atomic mass is 10.1. The van der Waals surface area contributed by atoms with Crippen LogP contribution >= 0.6 is 0 Å². The zero-order valence-electron chi connectivity index (χ0n) is 9.74. The predicted octanol–water partition coefficient (Wildman–Crippen LogP) is 2.27. The molecular weight excluding hydrogens is 221 g/mol. The summed E-state index contributed by atoms with van der Waals surface area (Å²) in [6.45, 7) is 3.75. The summed E-state index contributed by atoms with van der Waals surface area (Å²) in [7, 11) is 0. The second-order valence-electron chi connectivity index (χ2n) is 4.72. The average Bonchev–Trinajstić information content (AvgIpc) is 2.94. The van der Waals surface area contributed by atoms with E-state index < -0.39 is 11.8 Å². The minimum Gasteiger partial charge on any atom is -0.478 e. The normalized spacial score (nSPS) is 22.5. The van der Waals surface area contributed by atoms with Gasteiger partial charge < -0.3 is 10.4 Å². The first kappa shape index (κ1) is 12.0. The fraction of sp³-hybridized carbons (Fsp3) is 0.462. The first-order valence-electron chi connectivity index (χ1n) is 5.80. The largest absolute Gasteiger partial charge is 0.478 e. The van der Waals surface area contributed by atoms with Gasteiger partial charge in [-0.15, -0.1) is 0 Å². The van der Waals surface area contributed by atoms with Crippen molar-refractivity contribution in [1.29, 1.82) is 0 Å². The third kappa shape index (κ3) is 3.03. The van der Waals surface area contributed by atoms with E-state index in [0.717, 1.165) is 23.9 Å². The van der Waals surface area contributed by atoms with Crippen LogP contribution < -0.4 is 5.32 Å². The van der Waals surface area contributed by atoms with Crippen LogP contribution in [0.5, 0.6) is 0 Å². The number of carbonyl (C=O) groups is 1. The highest BCUT2D eigenvalue weighted by Gasteiger charge is 2.31. The molecule has 92 valence electrons. The minimum atomic E-state index is -1.23. The Labute approximate surface area is 99.7 Å². The number of benzene rings is 1. The van der Waals surface area contributed by atoms with Gasteiger partial charge in [-0.05, 0) is 42.5 Å². The fourth-order valence-electron chi connectivity index (χ4n) is 1.93. The van der Waals surface area contributed by atoms with E-state index in [-0.39, 0.29) is 5.56 Å². The van der Waals surface area contributed by atoms with Crippen molar-refractivity contribution in [1.82, 2.24) is 5.32 Å². The van der Waals surface area contributed by atoms with Crippen LogP contribution in [0.25, 0.3) is 0 Å². The van der Waals surface area contributed by atoms with E-state index in [0.29, 0.717) is 6.54 Å². The smallest absolute Gasteiger partial charge is 0.338 e. The Kier molecular flexibility index (Phi) is 3.43. The Balaban J connectivity index is 1.88. The van der Waals surface area contributed by atoms with Gasteiger partial charge in [-0.25, -0.2) is 9.18 Å². The van der Waals surface area contributed by atoms with Crippen LogP contribution in [0.1, 0.15) is 29.3 Å². The number of hydrogen-bond donors (Lipinski definition) is 2. The standard InChI is InChI=1S/C13H16FNO2/c1-8-4-10(8)7-15-6-9-2-3-11(13(16)17)12(14)5-9/h2-3,5,8,10,15H,4,6-7H2,1H3,(H,16,17). The van der Waals surface area contributed by atoms with Gasteiger partial charge in [-0.3, -0.25) is 0 Å². The number of rotatable bonds is 5. The van der Waals surface area contributed by atoms with Gasteiger partial charge >= 0.3 is 5.97 Å². The molecule has 2 atom stereocenters. The SMILES string of the molecule is CC1CC1CNCc1ccc(C(=O)O)c(F)c1. The van der Waals surface area contributed by atoms with E-state index in [2.05, 4.69) is 12.2 Å². The number of halogens is 1. The van der Waals surface area contributed by atoms with E-state index in [1.54, 1.807) is 6.07 Å². The topological polar surface area (TPSA) is 49.3 Å². The quantitative estimate of drug-likeness (QED) is 0.826. The molecule has 1 aromatic rings. The third-order valence-electron chi connectivity index (χ3n) is 3.28. The summed E-state index contributed by atoms with van der Waals surface area (Å²) in [5, 5.41) is 11.9. The average molecular weight is 237 g/mol. The van der Waals surface area contributed by atoms with Gasteiger partial charge in [0.15, 0.2) is 0 Å². The molecule has 0 aromatic heterocycles. The van der Waals surface area contributed by atoms with E-state index in [9.17, 15) is 9.18 Å². The maximum atomic E-state index is 13.4. The molecule has 0 bridgehead atoms. The molecule has 1 saturated carbocycles. The van der Waals surface area contributed by atoms with E-state index in [4.69, 9.17) is 5.11 Å². The molecule has 0 saturated heterocycles. The van der Waals surface area contributed by atoms with Gasteiger partial charge in [0.2, 0.25) is 0 Å². The first-order chi connectivity index (χ1) is 8.08. The zero-order valence-corrected chi connectivity index (χ0v) is 9.74. The van der Waals surface area contributed by atoms with Crippen molar-refractivity contribution >= 4 is 5.97 Å². The van der Waals surface area contributed by atoms with Crippen molar-refractivity contribution in [2.24, 2.45) is 11.8 Å². The highest BCUT2D eigenvalue weighted by atomic mass is 19.1. The molecule has 0 amide bonds. The van der Waals surface area contributed by atoms with Crippen molar-refractivity contribution < 1.29 is 14.3 Å². The lowest BCUT2D eigenvalue weighted by Crippen LogP contribution is -2.17. The summed E-state index contributed by atoms with van der Waals surface area (Å²) >= 11 is 0. The lowest BCUT2D eigenvalue weighted by Gasteiger charge is -2.05. The van der Waals surface area contributed by atoms with Gasteiger partial charge in [0.25, 0.3) is 0 Å². The monoisotopic (exact) mass is 237 g/mol. The van der Waals surface area contributed by atoms with Crippen LogP contribution in [-0.2, 0) is 6.54 Å². The predicted molar refractivity (Wildman–Crippen MR) is 62.3 cm³/mol. The Morgan fingerprint density at radius 1 is 1.59 bits per heavy atom. The Morgan fingerprint density at radius 2 is 2.29 bits per heavy atom. The second-order valence-corrected chi connectivity index (χ2v) is 4.72. The molecule has 2 unspecified atom stereocenters. The molecule has 0 heterocycles. The summed E-state index contributed by atoms with van der Waals surface area (Å²) in [5.41, 5.74) is 0.505. The zero-order chi connectivity index (χ0) is 12.4. The summed E-state index contributed by atoms with van der Waals surface area (Å²) in [4.78, 5) is 10.6. The molecule has 17 heavy (non-hydrogen) atoms. The summed E-state index contributed by atoms with van der Waals surface area (Å²) in [5.74, 6) is -0.350. The molecule has 0 spiro atoms. The molecular formula is C13H16FNO2. The molecule has 2 N–H and O–H groups in total. The lowest BCUT2D eigenvalue weighted by molar-refractivity contribution is 0.0692. The van der Waals surface area contributed by atoms with Crippen molar-refractivity contribution in [2.75, 3.05) is 6.54 Å². The van der Waals surface area contributed by atoms with Crippen LogP contribution in [0.3, 0.4) is 0 Å². The minimum absolute atomic E-state index is 0.274. The number of hydrogen-bond acceptors (Lipinski definition) is 2. The Morgan fingerprint density at radius 3 is 2.82 bits per heavy atom. The van der Waals surface area contributed by atoms with Crippen LogP contribution in [0.2, 0.25) is 0 Å². The van der Waals surface area contributed by atoms with E-state index >= 15 is 0 Å². The van der Waals surface area contributed by atoms with Crippen LogP contribution in [0, 0.1) is 17.7 Å². The number of carboxylic acids is 1. The fourth-order valence-corrected chi connectivity index (χ4v) is 1.93. The molecule has 4 heteroatoms. The highest BCUT2D eigenvalue weighted by molar-refractivity contribution is 5.87. The van der Waals surface area contributed by atoms with E-state index in [1.807, 2.05) is 0 Å². The molecule has 0 aliphatic heterocycles. The third-order valence-corrected chi connectivity index (χ3v) is 3.28. The second kappa shape index (κ2) is 4.84. The molecule has 1 aliphatic carbocycles.